The molecular formula is C19H31N5O3. The number of nitrogens with zero attached hydrogens (tertiary/aromatic N) is 1. The minimum Gasteiger partial charge on any atom is -0.444 e. The Balaban J connectivity index is 2.42. The Labute approximate surface area is 161 Å². The summed E-state index contributed by atoms with van der Waals surface area (Å²) < 4.78 is 5.27. The van der Waals surface area contributed by atoms with Crippen LogP contribution in [0.4, 0.5) is 10.5 Å². The van der Waals surface area contributed by atoms with E-state index in [1.165, 1.54) is 0 Å². The van der Waals surface area contributed by atoms with Gasteiger partial charge in [0.2, 0.25) is 5.91 Å². The van der Waals surface area contributed by atoms with Gasteiger partial charge in [-0.15, -0.1) is 0 Å². The normalized spacial score (nSPS) is 12.1. The molecule has 0 spiro atoms. The van der Waals surface area contributed by atoms with Gasteiger partial charge < -0.3 is 26.0 Å². The van der Waals surface area contributed by atoms with Gasteiger partial charge in [0.15, 0.2) is 5.96 Å². The number of benzene rings is 1. The smallest absolute Gasteiger partial charge is 0.408 e. The van der Waals surface area contributed by atoms with Gasteiger partial charge in [-0.05, 0) is 46.8 Å². The molecular weight excluding hydrogens is 346 g/mol. The maximum atomic E-state index is 12.0. The molecule has 8 heteroatoms. The number of hydrogen-bond acceptors (Lipinski definition) is 4. The van der Waals surface area contributed by atoms with E-state index < -0.39 is 17.2 Å². The van der Waals surface area contributed by atoms with Crippen molar-refractivity contribution in [1.29, 1.82) is 0 Å². The molecule has 4 N–H and O–H groups in total. The van der Waals surface area contributed by atoms with Crippen molar-refractivity contribution >= 4 is 23.6 Å². The van der Waals surface area contributed by atoms with Crippen LogP contribution in [0.25, 0.3) is 0 Å². The molecule has 0 fully saturated rings. The molecule has 0 aliphatic carbocycles. The standard InChI is InChI=1S/C19H31N5O3/c1-18(2,3)27-17(26)24-19(4,5)13-22-16(20-6)21-12-15(25)23-14-10-8-7-9-11-14/h7-11H,12-13H2,1-6H3,(H,23,25)(H,24,26)(H2,20,21,22). The van der Waals surface area contributed by atoms with Crippen LogP contribution in [0.2, 0.25) is 0 Å². The average molecular weight is 377 g/mol. The lowest BCUT2D eigenvalue weighted by molar-refractivity contribution is -0.115. The number of nitrogens with one attached hydrogen (secondary N) is 4. The predicted octanol–water partition coefficient (Wildman–Crippen LogP) is 2.09. The monoisotopic (exact) mass is 377 g/mol. The second-order valence-electron chi connectivity index (χ2n) is 7.70. The van der Waals surface area contributed by atoms with Gasteiger partial charge in [0.05, 0.1) is 12.1 Å². The third-order valence-corrected chi connectivity index (χ3v) is 3.23. The molecule has 8 nitrogen and oxygen atoms in total. The van der Waals surface area contributed by atoms with E-state index in [2.05, 4.69) is 26.3 Å². The quantitative estimate of drug-likeness (QED) is 0.449. The summed E-state index contributed by atoms with van der Waals surface area (Å²) >= 11 is 0. The van der Waals surface area contributed by atoms with Gasteiger partial charge in [-0.3, -0.25) is 9.79 Å². The van der Waals surface area contributed by atoms with Gasteiger partial charge in [0.1, 0.15) is 5.60 Å². The second-order valence-corrected chi connectivity index (χ2v) is 7.70. The van der Waals surface area contributed by atoms with Crippen LogP contribution >= 0.6 is 0 Å². The number of aliphatic imine (C=N–C) groups is 1. The van der Waals surface area contributed by atoms with Crippen LogP contribution in [-0.4, -0.2) is 49.2 Å². The molecule has 150 valence electrons. The number of para-hydroxylation sites is 1. The molecule has 0 unspecified atom stereocenters. The molecule has 0 heterocycles. The molecule has 0 radical (unpaired) electrons. The lowest BCUT2D eigenvalue weighted by Gasteiger charge is -2.29. The number of guanidine groups is 1. The molecule has 0 saturated carbocycles. The molecule has 1 aromatic rings. The van der Waals surface area contributed by atoms with Crippen molar-refractivity contribution in [3.8, 4) is 0 Å². The topological polar surface area (TPSA) is 104 Å². The summed E-state index contributed by atoms with van der Waals surface area (Å²) in [7, 11) is 1.61. The molecule has 2 amide bonds. The van der Waals surface area contributed by atoms with Crippen LogP contribution in [-0.2, 0) is 9.53 Å². The Kier molecular flexibility index (Phi) is 8.08. The number of ether oxygens (including phenoxy) is 1. The Morgan fingerprint density at radius 3 is 2.22 bits per heavy atom. The fourth-order valence-electron chi connectivity index (χ4n) is 2.04. The summed E-state index contributed by atoms with van der Waals surface area (Å²) in [5, 5.41) is 11.6. The zero-order valence-corrected chi connectivity index (χ0v) is 17.0. The molecule has 0 aliphatic heterocycles. The Morgan fingerprint density at radius 1 is 1.04 bits per heavy atom. The van der Waals surface area contributed by atoms with Crippen LogP contribution < -0.4 is 21.3 Å². The summed E-state index contributed by atoms with van der Waals surface area (Å²) in [6.07, 6.45) is -0.487. The van der Waals surface area contributed by atoms with Crippen LogP contribution in [0.5, 0.6) is 0 Å². The van der Waals surface area contributed by atoms with Crippen LogP contribution in [0.3, 0.4) is 0 Å². The lowest BCUT2D eigenvalue weighted by Crippen LogP contribution is -2.54. The minimum atomic E-state index is -0.577. The van der Waals surface area contributed by atoms with Crippen LogP contribution in [0, 0.1) is 0 Å². The van der Waals surface area contributed by atoms with E-state index in [1.807, 2.05) is 65.0 Å². The Morgan fingerprint density at radius 2 is 1.67 bits per heavy atom. The van der Waals surface area contributed by atoms with Crippen molar-refractivity contribution in [3.05, 3.63) is 30.3 Å². The minimum absolute atomic E-state index is 0.0640. The summed E-state index contributed by atoms with van der Waals surface area (Å²) in [6, 6.07) is 9.21. The highest BCUT2D eigenvalue weighted by Crippen LogP contribution is 2.09. The molecule has 0 saturated heterocycles. The SMILES string of the molecule is CN=C(NCC(=O)Nc1ccccc1)NCC(C)(C)NC(=O)OC(C)(C)C. The highest BCUT2D eigenvalue weighted by Gasteiger charge is 2.24. The molecule has 1 aromatic carbocycles. The highest BCUT2D eigenvalue weighted by atomic mass is 16.6. The van der Waals surface area contributed by atoms with Gasteiger partial charge in [0, 0.05) is 19.3 Å². The van der Waals surface area contributed by atoms with E-state index in [4.69, 9.17) is 4.74 Å². The number of carbonyl (C=O) groups is 2. The number of alkyl carbamates (subject to hydrolysis) is 1. The molecule has 1 rings (SSSR count). The van der Waals surface area contributed by atoms with E-state index in [-0.39, 0.29) is 12.5 Å². The van der Waals surface area contributed by atoms with Crippen LogP contribution in [0.15, 0.2) is 35.3 Å². The lowest BCUT2D eigenvalue weighted by atomic mass is 10.1. The molecule has 0 aliphatic rings. The van der Waals surface area contributed by atoms with Crippen molar-refractivity contribution < 1.29 is 14.3 Å². The molecule has 0 aromatic heterocycles. The van der Waals surface area contributed by atoms with Gasteiger partial charge >= 0.3 is 6.09 Å². The van der Waals surface area contributed by atoms with Crippen molar-refractivity contribution in [2.24, 2.45) is 4.99 Å². The van der Waals surface area contributed by atoms with E-state index in [0.29, 0.717) is 12.5 Å². The summed E-state index contributed by atoms with van der Waals surface area (Å²) in [6.45, 7) is 9.61. The number of carbonyl (C=O) groups excluding carboxylic acids is 2. The number of hydrogen-bond donors (Lipinski definition) is 4. The van der Waals surface area contributed by atoms with E-state index in [9.17, 15) is 9.59 Å². The molecule has 0 atom stereocenters. The van der Waals surface area contributed by atoms with E-state index in [1.54, 1.807) is 7.05 Å². The summed E-state index contributed by atoms with van der Waals surface area (Å²) in [5.74, 6) is 0.271. The predicted molar refractivity (Wildman–Crippen MR) is 108 cm³/mol. The first kappa shape index (κ1) is 22.3. The van der Waals surface area contributed by atoms with Gasteiger partial charge in [-0.25, -0.2) is 4.79 Å². The first-order valence-electron chi connectivity index (χ1n) is 8.81. The number of anilines is 1. The third kappa shape index (κ3) is 10.1. The fraction of sp³-hybridized carbons (Fsp3) is 0.526. The van der Waals surface area contributed by atoms with Crippen LogP contribution in [0.1, 0.15) is 34.6 Å². The largest absolute Gasteiger partial charge is 0.444 e. The first-order chi connectivity index (χ1) is 12.5. The average Bonchev–Trinajstić information content (AvgIpc) is 2.53. The van der Waals surface area contributed by atoms with Gasteiger partial charge in [-0.2, -0.15) is 0 Å². The Hall–Kier alpha value is -2.77. The first-order valence-corrected chi connectivity index (χ1v) is 8.81. The zero-order valence-electron chi connectivity index (χ0n) is 17.0. The third-order valence-electron chi connectivity index (χ3n) is 3.23. The maximum Gasteiger partial charge on any atom is 0.408 e. The van der Waals surface area contributed by atoms with Gasteiger partial charge in [0.25, 0.3) is 0 Å². The summed E-state index contributed by atoms with van der Waals surface area (Å²) in [5.41, 5.74) is -0.404. The number of rotatable bonds is 6. The highest BCUT2D eigenvalue weighted by molar-refractivity contribution is 5.94. The van der Waals surface area contributed by atoms with Crippen molar-refractivity contribution in [1.82, 2.24) is 16.0 Å². The zero-order chi connectivity index (χ0) is 20.5. The Bertz CT molecular complexity index is 651. The maximum absolute atomic E-state index is 12.0. The van der Waals surface area contributed by atoms with E-state index in [0.717, 1.165) is 5.69 Å². The van der Waals surface area contributed by atoms with Gasteiger partial charge in [-0.1, -0.05) is 18.2 Å². The summed E-state index contributed by atoms with van der Waals surface area (Å²) in [4.78, 5) is 28.0. The van der Waals surface area contributed by atoms with Crippen molar-refractivity contribution in [3.63, 3.8) is 0 Å². The fourth-order valence-corrected chi connectivity index (χ4v) is 2.04. The van der Waals surface area contributed by atoms with Crippen molar-refractivity contribution in [2.75, 3.05) is 25.5 Å². The second kappa shape index (κ2) is 9.80. The molecule has 0 bridgehead atoms. The van der Waals surface area contributed by atoms with Crippen molar-refractivity contribution in [2.45, 2.75) is 45.8 Å². The number of amides is 2. The van der Waals surface area contributed by atoms with E-state index >= 15 is 0 Å². The molecule has 27 heavy (non-hydrogen) atoms.